The van der Waals surface area contributed by atoms with Gasteiger partial charge in [0.2, 0.25) is 0 Å². The van der Waals surface area contributed by atoms with Crippen LogP contribution in [0.15, 0.2) is 22.7 Å². The highest BCUT2D eigenvalue weighted by molar-refractivity contribution is 5.94. The zero-order valence-electron chi connectivity index (χ0n) is 14.4. The molecule has 1 aromatic carbocycles. The Morgan fingerprint density at radius 2 is 1.88 bits per heavy atom. The van der Waals surface area contributed by atoms with Gasteiger partial charge in [0.05, 0.1) is 0 Å². The van der Waals surface area contributed by atoms with Crippen molar-refractivity contribution in [1.82, 2.24) is 15.0 Å². The van der Waals surface area contributed by atoms with Gasteiger partial charge in [-0.05, 0) is 25.0 Å². The summed E-state index contributed by atoms with van der Waals surface area (Å²) in [6.07, 6.45) is 3.09. The quantitative estimate of drug-likeness (QED) is 0.835. The molecule has 1 saturated heterocycles. The highest BCUT2D eigenvalue weighted by Crippen LogP contribution is 2.41. The van der Waals surface area contributed by atoms with Gasteiger partial charge in [-0.3, -0.25) is 4.79 Å². The molecule has 0 atom stereocenters. The average molecular weight is 363 g/mol. The Kier molecular flexibility index (Phi) is 4.22. The number of halogens is 2. The fourth-order valence-corrected chi connectivity index (χ4v) is 3.36. The number of hydrogen-bond acceptors (Lipinski definition) is 5. The van der Waals surface area contributed by atoms with Crippen LogP contribution in [0.5, 0.6) is 0 Å². The summed E-state index contributed by atoms with van der Waals surface area (Å²) in [7, 11) is 1.58. The number of amides is 1. The van der Waals surface area contributed by atoms with Gasteiger partial charge in [-0.15, -0.1) is 0 Å². The maximum atomic E-state index is 13.4. The summed E-state index contributed by atoms with van der Waals surface area (Å²) in [5.74, 6) is -0.413. The van der Waals surface area contributed by atoms with Gasteiger partial charge in [-0.2, -0.15) is 4.98 Å². The van der Waals surface area contributed by atoms with Crippen LogP contribution in [0, 0.1) is 11.6 Å². The van der Waals surface area contributed by atoms with Crippen LogP contribution in [0.3, 0.4) is 0 Å². The van der Waals surface area contributed by atoms with Gasteiger partial charge in [-0.1, -0.05) is 5.16 Å². The normalized spacial score (nSPS) is 19.6. The first kappa shape index (κ1) is 17.1. The molecule has 2 heterocycles. The molecule has 6 nitrogen and oxygen atoms in total. The Morgan fingerprint density at radius 3 is 2.46 bits per heavy atom. The van der Waals surface area contributed by atoms with Crippen molar-refractivity contribution in [3.05, 3.63) is 47.1 Å². The summed E-state index contributed by atoms with van der Waals surface area (Å²) in [6, 6.07) is 2.84. The van der Waals surface area contributed by atoms with E-state index in [4.69, 9.17) is 9.26 Å². The van der Waals surface area contributed by atoms with Crippen molar-refractivity contribution in [2.24, 2.45) is 0 Å². The van der Waals surface area contributed by atoms with Crippen molar-refractivity contribution in [2.75, 3.05) is 20.2 Å². The van der Waals surface area contributed by atoms with Crippen LogP contribution in [0.1, 0.15) is 53.7 Å². The molecular weight excluding hydrogens is 344 g/mol. The first-order valence-corrected chi connectivity index (χ1v) is 8.65. The molecule has 2 aromatic rings. The molecule has 26 heavy (non-hydrogen) atoms. The third-order valence-corrected chi connectivity index (χ3v) is 5.13. The predicted molar refractivity (Wildman–Crippen MR) is 86.5 cm³/mol. The molecule has 0 radical (unpaired) electrons. The second-order valence-electron chi connectivity index (χ2n) is 6.88. The molecule has 1 saturated carbocycles. The van der Waals surface area contributed by atoms with E-state index in [1.54, 1.807) is 12.0 Å². The van der Waals surface area contributed by atoms with E-state index < -0.39 is 23.1 Å². The number of aromatic nitrogens is 2. The van der Waals surface area contributed by atoms with Crippen LogP contribution in [0.25, 0.3) is 0 Å². The van der Waals surface area contributed by atoms with E-state index in [-0.39, 0.29) is 5.56 Å². The van der Waals surface area contributed by atoms with E-state index in [1.165, 1.54) is 0 Å². The minimum atomic E-state index is -0.768. The van der Waals surface area contributed by atoms with E-state index in [9.17, 15) is 13.6 Å². The standard InChI is InChI=1S/C18H19F2N3O3/c1-25-18(17-21-15(22-26-17)11-2-3-11)4-6-23(7-5-18)16(24)12-8-13(19)10-14(20)9-12/h8-11H,2-7H2,1H3. The monoisotopic (exact) mass is 363 g/mol. The number of hydrogen-bond donors (Lipinski definition) is 0. The zero-order chi connectivity index (χ0) is 18.3. The second kappa shape index (κ2) is 6.42. The van der Waals surface area contributed by atoms with E-state index in [2.05, 4.69) is 10.1 Å². The molecule has 8 heteroatoms. The predicted octanol–water partition coefficient (Wildman–Crippen LogP) is 3.00. The van der Waals surface area contributed by atoms with E-state index in [0.717, 1.165) is 31.0 Å². The van der Waals surface area contributed by atoms with E-state index in [1.807, 2.05) is 0 Å². The Balaban J connectivity index is 1.48. The van der Waals surface area contributed by atoms with Gasteiger partial charge in [0, 0.05) is 50.6 Å². The maximum absolute atomic E-state index is 13.4. The van der Waals surface area contributed by atoms with Crippen LogP contribution in [-0.4, -0.2) is 41.1 Å². The number of piperidine rings is 1. The Bertz CT molecular complexity index is 807. The molecule has 1 aliphatic heterocycles. The summed E-state index contributed by atoms with van der Waals surface area (Å²) in [5.41, 5.74) is -0.731. The molecule has 138 valence electrons. The largest absolute Gasteiger partial charge is 0.368 e. The number of carbonyl (C=O) groups is 1. The van der Waals surface area contributed by atoms with E-state index in [0.29, 0.717) is 43.6 Å². The Labute approximate surface area is 149 Å². The lowest BCUT2D eigenvalue weighted by Crippen LogP contribution is -2.46. The number of methoxy groups -OCH3 is 1. The van der Waals surface area contributed by atoms with Crippen molar-refractivity contribution in [1.29, 1.82) is 0 Å². The van der Waals surface area contributed by atoms with Gasteiger partial charge < -0.3 is 14.2 Å². The lowest BCUT2D eigenvalue weighted by molar-refractivity contribution is -0.0779. The summed E-state index contributed by atoms with van der Waals surface area (Å²) in [6.45, 7) is 0.734. The second-order valence-corrected chi connectivity index (χ2v) is 6.88. The molecule has 1 aliphatic carbocycles. The number of nitrogens with zero attached hydrogens (tertiary/aromatic N) is 3. The minimum Gasteiger partial charge on any atom is -0.368 e. The molecule has 0 bridgehead atoms. The van der Waals surface area contributed by atoms with Crippen LogP contribution in [-0.2, 0) is 10.3 Å². The van der Waals surface area contributed by atoms with Gasteiger partial charge >= 0.3 is 0 Å². The van der Waals surface area contributed by atoms with Crippen LogP contribution in [0.2, 0.25) is 0 Å². The van der Waals surface area contributed by atoms with Crippen LogP contribution < -0.4 is 0 Å². The molecule has 4 rings (SSSR count). The molecule has 1 amide bonds. The van der Waals surface area contributed by atoms with Crippen LogP contribution >= 0.6 is 0 Å². The van der Waals surface area contributed by atoms with Crippen molar-refractivity contribution in [3.63, 3.8) is 0 Å². The number of benzene rings is 1. The van der Waals surface area contributed by atoms with Crippen LogP contribution in [0.4, 0.5) is 8.78 Å². The number of rotatable bonds is 4. The van der Waals surface area contributed by atoms with Gasteiger partial charge in [0.25, 0.3) is 11.8 Å². The molecule has 0 N–H and O–H groups in total. The summed E-state index contributed by atoms with van der Waals surface area (Å²) >= 11 is 0. The molecule has 0 spiro atoms. The first-order chi connectivity index (χ1) is 12.5. The number of likely N-dealkylation sites (tertiary alicyclic amines) is 1. The van der Waals surface area contributed by atoms with E-state index >= 15 is 0 Å². The first-order valence-electron chi connectivity index (χ1n) is 8.65. The molecule has 1 aromatic heterocycles. The van der Waals surface area contributed by atoms with Crippen molar-refractivity contribution in [2.45, 2.75) is 37.2 Å². The number of carbonyl (C=O) groups excluding carboxylic acids is 1. The average Bonchev–Trinajstić information content (AvgIpc) is 3.37. The summed E-state index contributed by atoms with van der Waals surface area (Å²) in [5, 5.41) is 4.04. The van der Waals surface area contributed by atoms with Gasteiger partial charge in [0.1, 0.15) is 17.2 Å². The highest BCUT2D eigenvalue weighted by atomic mass is 19.1. The molecular formula is C18H19F2N3O3. The molecule has 2 fully saturated rings. The lowest BCUT2D eigenvalue weighted by Gasteiger charge is -2.38. The Hall–Kier alpha value is -2.35. The number of ether oxygens (including phenoxy) is 1. The maximum Gasteiger partial charge on any atom is 0.259 e. The fourth-order valence-electron chi connectivity index (χ4n) is 3.36. The van der Waals surface area contributed by atoms with Gasteiger partial charge in [-0.25, -0.2) is 8.78 Å². The van der Waals surface area contributed by atoms with Crippen molar-refractivity contribution < 1.29 is 22.8 Å². The zero-order valence-corrected chi connectivity index (χ0v) is 14.4. The highest BCUT2D eigenvalue weighted by Gasteiger charge is 2.43. The fraction of sp³-hybridized carbons (Fsp3) is 0.500. The molecule has 0 unspecified atom stereocenters. The SMILES string of the molecule is COC1(c2nc(C3CC3)no2)CCN(C(=O)c2cc(F)cc(F)c2)CC1. The van der Waals surface area contributed by atoms with Crippen molar-refractivity contribution in [3.8, 4) is 0 Å². The summed E-state index contributed by atoms with van der Waals surface area (Å²) < 4.78 is 37.9. The summed E-state index contributed by atoms with van der Waals surface area (Å²) in [4.78, 5) is 18.6. The van der Waals surface area contributed by atoms with Gasteiger partial charge in [0.15, 0.2) is 5.82 Å². The Morgan fingerprint density at radius 1 is 1.23 bits per heavy atom. The minimum absolute atomic E-state index is 0.00114. The van der Waals surface area contributed by atoms with Crippen molar-refractivity contribution >= 4 is 5.91 Å². The third kappa shape index (κ3) is 3.09. The smallest absolute Gasteiger partial charge is 0.259 e. The third-order valence-electron chi connectivity index (χ3n) is 5.13. The lowest BCUT2D eigenvalue weighted by atomic mass is 9.90. The molecule has 2 aliphatic rings. The topological polar surface area (TPSA) is 68.5 Å².